The second-order valence-electron chi connectivity index (χ2n) is 9.07. The summed E-state index contributed by atoms with van der Waals surface area (Å²) in [5, 5.41) is 11.3. The summed E-state index contributed by atoms with van der Waals surface area (Å²) in [6.45, 7) is 6.08. The van der Waals surface area contributed by atoms with E-state index in [2.05, 4.69) is 0 Å². The van der Waals surface area contributed by atoms with Crippen molar-refractivity contribution >= 4 is 17.4 Å². The molecule has 0 aromatic heterocycles. The number of Topliss-reactive ketones (excluding diaryl/α,β-unsaturated/α-hetero) is 1. The Labute approximate surface area is 211 Å². The standard InChI is InChI=1S/C30H31NO5/c1-5-20-12-14-22(15-13-20)28(32)26-27(23-9-7-11-25(17-23)36-19(2)3)31(30(34)29(26)33)18-21-8-6-10-24(16-21)35-4/h6-17,19,27,32H,5,18H2,1-4H3/b28-26-. The second kappa shape index (κ2) is 10.7. The topological polar surface area (TPSA) is 76.1 Å². The molecule has 1 fully saturated rings. The highest BCUT2D eigenvalue weighted by Gasteiger charge is 2.46. The maximum atomic E-state index is 13.3. The van der Waals surface area contributed by atoms with Crippen molar-refractivity contribution < 1.29 is 24.2 Å². The Morgan fingerprint density at radius 1 is 0.944 bits per heavy atom. The molecule has 36 heavy (non-hydrogen) atoms. The van der Waals surface area contributed by atoms with Gasteiger partial charge in [0.2, 0.25) is 0 Å². The maximum Gasteiger partial charge on any atom is 0.295 e. The van der Waals surface area contributed by atoms with Crippen LogP contribution in [-0.2, 0) is 22.6 Å². The highest BCUT2D eigenvalue weighted by molar-refractivity contribution is 6.46. The third-order valence-electron chi connectivity index (χ3n) is 6.21. The van der Waals surface area contributed by atoms with Crippen LogP contribution < -0.4 is 9.47 Å². The first-order valence-corrected chi connectivity index (χ1v) is 12.1. The van der Waals surface area contributed by atoms with Crippen LogP contribution in [0.25, 0.3) is 5.76 Å². The molecule has 6 heteroatoms. The number of rotatable bonds is 8. The van der Waals surface area contributed by atoms with Crippen molar-refractivity contribution in [1.82, 2.24) is 4.90 Å². The summed E-state index contributed by atoms with van der Waals surface area (Å²) < 4.78 is 11.2. The third-order valence-corrected chi connectivity index (χ3v) is 6.21. The minimum absolute atomic E-state index is 0.0412. The minimum atomic E-state index is -0.780. The Hall–Kier alpha value is -4.06. The minimum Gasteiger partial charge on any atom is -0.507 e. The Morgan fingerprint density at radius 3 is 2.31 bits per heavy atom. The van der Waals surface area contributed by atoms with E-state index in [1.807, 2.05) is 81.4 Å². The summed E-state index contributed by atoms with van der Waals surface area (Å²) in [5.74, 6) is -0.282. The van der Waals surface area contributed by atoms with E-state index >= 15 is 0 Å². The van der Waals surface area contributed by atoms with Crippen molar-refractivity contribution in [2.24, 2.45) is 0 Å². The van der Waals surface area contributed by atoms with Gasteiger partial charge >= 0.3 is 0 Å². The average molecular weight is 486 g/mol. The molecule has 0 saturated carbocycles. The number of aliphatic hydroxyl groups is 1. The van der Waals surface area contributed by atoms with Crippen LogP contribution in [0.2, 0.25) is 0 Å². The monoisotopic (exact) mass is 485 g/mol. The van der Waals surface area contributed by atoms with Crippen LogP contribution in [0.1, 0.15) is 49.1 Å². The zero-order chi connectivity index (χ0) is 25.8. The van der Waals surface area contributed by atoms with Gasteiger partial charge in [0.15, 0.2) is 0 Å². The number of benzene rings is 3. The Kier molecular flexibility index (Phi) is 7.44. The van der Waals surface area contributed by atoms with Gasteiger partial charge in [-0.25, -0.2) is 0 Å². The Balaban J connectivity index is 1.84. The molecule has 1 aliphatic rings. The Bertz CT molecular complexity index is 1290. The number of ketones is 1. The van der Waals surface area contributed by atoms with Crippen LogP contribution in [0.5, 0.6) is 11.5 Å². The number of aliphatic hydroxyl groups excluding tert-OH is 1. The summed E-state index contributed by atoms with van der Waals surface area (Å²) >= 11 is 0. The number of carbonyl (C=O) groups is 2. The third kappa shape index (κ3) is 5.13. The molecule has 0 radical (unpaired) electrons. The molecule has 1 N–H and O–H groups in total. The number of carbonyl (C=O) groups excluding carboxylic acids is 2. The van der Waals surface area contributed by atoms with E-state index in [0.717, 1.165) is 17.5 Å². The number of hydrogen-bond donors (Lipinski definition) is 1. The Morgan fingerprint density at radius 2 is 1.64 bits per heavy atom. The molecule has 0 aliphatic carbocycles. The SMILES string of the molecule is CCc1ccc(/C(O)=C2/C(=O)C(=O)N(Cc3cccc(OC)c3)C2c2cccc(OC(C)C)c2)cc1. The zero-order valence-electron chi connectivity index (χ0n) is 21.0. The molecule has 186 valence electrons. The molecule has 1 amide bonds. The second-order valence-corrected chi connectivity index (χ2v) is 9.07. The molecule has 4 rings (SSSR count). The molecule has 6 nitrogen and oxygen atoms in total. The predicted octanol–water partition coefficient (Wildman–Crippen LogP) is 5.67. The summed E-state index contributed by atoms with van der Waals surface area (Å²) in [4.78, 5) is 28.2. The lowest BCUT2D eigenvalue weighted by Gasteiger charge is -2.26. The molecule has 1 aliphatic heterocycles. The number of likely N-dealkylation sites (tertiary alicyclic amines) is 1. The van der Waals surface area contributed by atoms with E-state index in [1.165, 1.54) is 4.90 Å². The largest absolute Gasteiger partial charge is 0.507 e. The lowest BCUT2D eigenvalue weighted by molar-refractivity contribution is -0.140. The van der Waals surface area contributed by atoms with Crippen molar-refractivity contribution in [1.29, 1.82) is 0 Å². The fourth-order valence-electron chi connectivity index (χ4n) is 4.44. The summed E-state index contributed by atoms with van der Waals surface area (Å²) in [6.07, 6.45) is 0.815. The molecule has 1 heterocycles. The zero-order valence-corrected chi connectivity index (χ0v) is 21.0. The highest BCUT2D eigenvalue weighted by atomic mass is 16.5. The fraction of sp³-hybridized carbons (Fsp3) is 0.267. The molecule has 0 spiro atoms. The first kappa shape index (κ1) is 25.0. The molecular formula is C30H31NO5. The van der Waals surface area contributed by atoms with E-state index in [9.17, 15) is 14.7 Å². The number of nitrogens with zero attached hydrogens (tertiary/aromatic N) is 1. The van der Waals surface area contributed by atoms with Gasteiger partial charge in [0, 0.05) is 12.1 Å². The molecule has 1 atom stereocenters. The van der Waals surface area contributed by atoms with Crippen LogP contribution in [0.15, 0.2) is 78.4 Å². The van der Waals surface area contributed by atoms with E-state index in [-0.39, 0.29) is 24.0 Å². The summed E-state index contributed by atoms with van der Waals surface area (Å²) in [6, 6.07) is 21.3. The van der Waals surface area contributed by atoms with Crippen LogP contribution in [0.4, 0.5) is 0 Å². The van der Waals surface area contributed by atoms with E-state index in [1.54, 1.807) is 19.2 Å². The summed E-state index contributed by atoms with van der Waals surface area (Å²) in [5.41, 5.74) is 3.16. The van der Waals surface area contributed by atoms with Crippen molar-refractivity contribution in [2.45, 2.75) is 45.9 Å². The van der Waals surface area contributed by atoms with Gasteiger partial charge in [0.25, 0.3) is 11.7 Å². The van der Waals surface area contributed by atoms with Crippen molar-refractivity contribution in [3.05, 3.63) is 101 Å². The van der Waals surface area contributed by atoms with Crippen molar-refractivity contribution in [2.75, 3.05) is 7.11 Å². The van der Waals surface area contributed by atoms with Gasteiger partial charge in [0.1, 0.15) is 17.3 Å². The van der Waals surface area contributed by atoms with Crippen molar-refractivity contribution in [3.63, 3.8) is 0 Å². The van der Waals surface area contributed by atoms with E-state index < -0.39 is 17.7 Å². The maximum absolute atomic E-state index is 13.3. The number of hydrogen-bond acceptors (Lipinski definition) is 5. The van der Waals surface area contributed by atoms with Crippen LogP contribution in [0.3, 0.4) is 0 Å². The molecular weight excluding hydrogens is 454 g/mol. The predicted molar refractivity (Wildman–Crippen MR) is 139 cm³/mol. The van der Waals surface area contributed by atoms with Crippen LogP contribution in [0, 0.1) is 0 Å². The van der Waals surface area contributed by atoms with Gasteiger partial charge in [-0.1, -0.05) is 55.5 Å². The molecule has 0 bridgehead atoms. The van der Waals surface area contributed by atoms with E-state index in [4.69, 9.17) is 9.47 Å². The van der Waals surface area contributed by atoms with Gasteiger partial charge in [-0.2, -0.15) is 0 Å². The number of methoxy groups -OCH3 is 1. The van der Waals surface area contributed by atoms with Gasteiger partial charge in [-0.05, 0) is 61.2 Å². The van der Waals surface area contributed by atoms with E-state index in [0.29, 0.717) is 22.6 Å². The van der Waals surface area contributed by atoms with Gasteiger partial charge in [-0.3, -0.25) is 9.59 Å². The quantitative estimate of drug-likeness (QED) is 0.253. The smallest absolute Gasteiger partial charge is 0.295 e. The summed E-state index contributed by atoms with van der Waals surface area (Å²) in [7, 11) is 1.58. The normalized spacial score (nSPS) is 17.0. The number of aryl methyl sites for hydroxylation is 1. The lowest BCUT2D eigenvalue weighted by atomic mass is 9.94. The first-order valence-electron chi connectivity index (χ1n) is 12.1. The van der Waals surface area contributed by atoms with Gasteiger partial charge in [-0.15, -0.1) is 0 Å². The molecule has 3 aromatic carbocycles. The fourth-order valence-corrected chi connectivity index (χ4v) is 4.44. The molecule has 3 aromatic rings. The highest BCUT2D eigenvalue weighted by Crippen LogP contribution is 2.41. The van der Waals surface area contributed by atoms with Crippen molar-refractivity contribution in [3.8, 4) is 11.5 Å². The first-order chi connectivity index (χ1) is 17.3. The average Bonchev–Trinajstić information content (AvgIpc) is 3.13. The lowest BCUT2D eigenvalue weighted by Crippen LogP contribution is -2.29. The van der Waals surface area contributed by atoms with Gasteiger partial charge in [0.05, 0.1) is 24.8 Å². The van der Waals surface area contributed by atoms with Gasteiger partial charge < -0.3 is 19.5 Å². The number of amides is 1. The van der Waals surface area contributed by atoms with Crippen LogP contribution >= 0.6 is 0 Å². The molecule has 1 saturated heterocycles. The molecule has 1 unspecified atom stereocenters. The van der Waals surface area contributed by atoms with Crippen LogP contribution in [-0.4, -0.2) is 34.9 Å². The number of ether oxygens (including phenoxy) is 2.